The van der Waals surface area contributed by atoms with Crippen LogP contribution in [0.25, 0.3) is 0 Å². The number of aromatic nitrogens is 1. The molecule has 104 valence electrons. The van der Waals surface area contributed by atoms with Crippen molar-refractivity contribution in [2.24, 2.45) is 0 Å². The maximum Gasteiger partial charge on any atom is 0.331 e. The molecule has 0 radical (unpaired) electrons. The van der Waals surface area contributed by atoms with Crippen LogP contribution in [0.4, 0.5) is 0 Å². The summed E-state index contributed by atoms with van der Waals surface area (Å²) in [5.74, 6) is -1.51. The topological polar surface area (TPSA) is 88.5 Å². The van der Waals surface area contributed by atoms with E-state index in [0.29, 0.717) is 4.88 Å². The highest BCUT2D eigenvalue weighted by Gasteiger charge is 2.25. The van der Waals surface area contributed by atoms with E-state index in [4.69, 9.17) is 4.74 Å². The number of hydrogen-bond donors (Lipinski definition) is 2. The lowest BCUT2D eigenvalue weighted by Crippen LogP contribution is -2.33. The van der Waals surface area contributed by atoms with Gasteiger partial charge in [-0.25, -0.2) is 9.78 Å². The van der Waals surface area contributed by atoms with Crippen LogP contribution in [0.3, 0.4) is 0 Å². The van der Waals surface area contributed by atoms with Crippen LogP contribution in [-0.2, 0) is 4.79 Å². The number of rotatable bonds is 5. The van der Waals surface area contributed by atoms with Gasteiger partial charge in [-0.05, 0) is 23.6 Å². The Labute approximate surface area is 119 Å². The number of nitrogens with one attached hydrogen (secondary N) is 1. The second-order valence-corrected chi connectivity index (χ2v) is 4.80. The molecule has 1 amide bonds. The van der Waals surface area contributed by atoms with Crippen LogP contribution in [0.5, 0.6) is 5.88 Å². The lowest BCUT2D eigenvalue weighted by Gasteiger charge is -2.14. The van der Waals surface area contributed by atoms with Gasteiger partial charge in [-0.1, -0.05) is 6.07 Å². The van der Waals surface area contributed by atoms with Crippen molar-refractivity contribution in [1.82, 2.24) is 10.3 Å². The van der Waals surface area contributed by atoms with Gasteiger partial charge in [0.25, 0.3) is 5.91 Å². The summed E-state index contributed by atoms with van der Waals surface area (Å²) < 4.78 is 4.98. The minimum Gasteiger partial charge on any atom is -0.480 e. The van der Waals surface area contributed by atoms with E-state index in [1.807, 2.05) is 0 Å². The fourth-order valence-electron chi connectivity index (χ4n) is 1.65. The van der Waals surface area contributed by atoms with Gasteiger partial charge in [-0.3, -0.25) is 4.79 Å². The number of methoxy groups -OCH3 is 1. The molecule has 0 saturated heterocycles. The van der Waals surface area contributed by atoms with Crippen LogP contribution in [0.15, 0.2) is 35.8 Å². The lowest BCUT2D eigenvalue weighted by atomic mass is 10.2. The van der Waals surface area contributed by atoms with E-state index in [0.717, 1.165) is 0 Å². The number of pyridine rings is 1. The van der Waals surface area contributed by atoms with E-state index in [2.05, 4.69) is 10.3 Å². The Balaban J connectivity index is 2.23. The lowest BCUT2D eigenvalue weighted by molar-refractivity contribution is -0.139. The normalized spacial score (nSPS) is 11.7. The summed E-state index contributed by atoms with van der Waals surface area (Å²) in [6.45, 7) is 0. The third kappa shape index (κ3) is 2.94. The van der Waals surface area contributed by atoms with Crippen LogP contribution in [0.2, 0.25) is 0 Å². The first-order valence-electron chi connectivity index (χ1n) is 5.69. The number of thiophene rings is 1. The van der Waals surface area contributed by atoms with Gasteiger partial charge in [0.05, 0.1) is 7.11 Å². The molecule has 0 aromatic carbocycles. The molecule has 20 heavy (non-hydrogen) atoms. The van der Waals surface area contributed by atoms with Gasteiger partial charge in [0.15, 0.2) is 6.04 Å². The van der Waals surface area contributed by atoms with Gasteiger partial charge >= 0.3 is 5.97 Å². The molecular formula is C13H12N2O4S. The third-order valence-corrected chi connectivity index (χ3v) is 3.50. The van der Waals surface area contributed by atoms with Crippen molar-refractivity contribution in [2.45, 2.75) is 6.04 Å². The zero-order valence-electron chi connectivity index (χ0n) is 10.6. The first-order valence-corrected chi connectivity index (χ1v) is 6.57. The molecule has 6 nitrogen and oxygen atoms in total. The number of carbonyl (C=O) groups is 2. The number of carbonyl (C=O) groups excluding carboxylic acids is 1. The van der Waals surface area contributed by atoms with Crippen LogP contribution in [-0.4, -0.2) is 29.1 Å². The summed E-state index contributed by atoms with van der Waals surface area (Å²) in [6, 6.07) is 5.40. The zero-order valence-corrected chi connectivity index (χ0v) is 11.4. The maximum atomic E-state index is 12.1. The number of hydrogen-bond acceptors (Lipinski definition) is 5. The van der Waals surface area contributed by atoms with Crippen molar-refractivity contribution in [1.29, 1.82) is 0 Å². The molecule has 2 heterocycles. The molecule has 1 unspecified atom stereocenters. The SMILES string of the molecule is COc1ncccc1C(=O)NC(C(=O)O)c1cccs1. The largest absolute Gasteiger partial charge is 0.480 e. The van der Waals surface area contributed by atoms with Gasteiger partial charge in [0.1, 0.15) is 5.56 Å². The number of carboxylic acids is 1. The van der Waals surface area contributed by atoms with Crippen molar-refractivity contribution in [2.75, 3.05) is 7.11 Å². The van der Waals surface area contributed by atoms with E-state index in [1.54, 1.807) is 23.6 Å². The molecule has 0 aliphatic carbocycles. The quantitative estimate of drug-likeness (QED) is 0.875. The molecular weight excluding hydrogens is 280 g/mol. The first-order chi connectivity index (χ1) is 9.63. The average molecular weight is 292 g/mol. The van der Waals surface area contributed by atoms with Gasteiger partial charge in [-0.2, -0.15) is 0 Å². The minimum atomic E-state index is -1.12. The van der Waals surface area contributed by atoms with E-state index >= 15 is 0 Å². The fourth-order valence-corrected chi connectivity index (χ4v) is 2.41. The maximum absolute atomic E-state index is 12.1. The Morgan fingerprint density at radius 3 is 2.80 bits per heavy atom. The molecule has 2 N–H and O–H groups in total. The van der Waals surface area contributed by atoms with Crippen molar-refractivity contribution in [3.05, 3.63) is 46.3 Å². The van der Waals surface area contributed by atoms with Gasteiger partial charge in [0, 0.05) is 11.1 Å². The van der Waals surface area contributed by atoms with Crippen LogP contribution in [0, 0.1) is 0 Å². The molecule has 0 fully saturated rings. The molecule has 0 bridgehead atoms. The monoisotopic (exact) mass is 292 g/mol. The Hall–Kier alpha value is -2.41. The summed E-state index contributed by atoms with van der Waals surface area (Å²) in [6.07, 6.45) is 1.49. The summed E-state index contributed by atoms with van der Waals surface area (Å²) in [7, 11) is 1.40. The van der Waals surface area contributed by atoms with Crippen molar-refractivity contribution in [3.8, 4) is 5.88 Å². The smallest absolute Gasteiger partial charge is 0.331 e. The third-order valence-electron chi connectivity index (χ3n) is 2.56. The van der Waals surface area contributed by atoms with Crippen LogP contribution >= 0.6 is 11.3 Å². The predicted octanol–water partition coefficient (Wildman–Crippen LogP) is 1.71. The van der Waals surface area contributed by atoms with Gasteiger partial charge < -0.3 is 15.2 Å². The summed E-state index contributed by atoms with van der Waals surface area (Å²) >= 11 is 1.26. The Kier molecular flexibility index (Phi) is 4.31. The van der Waals surface area contributed by atoms with Crippen LogP contribution < -0.4 is 10.1 Å². The average Bonchev–Trinajstić information content (AvgIpc) is 2.97. The molecule has 0 spiro atoms. The predicted molar refractivity (Wildman–Crippen MR) is 73.0 cm³/mol. The summed E-state index contributed by atoms with van der Waals surface area (Å²) in [5.41, 5.74) is 0.192. The summed E-state index contributed by atoms with van der Waals surface area (Å²) in [5, 5.41) is 13.4. The van der Waals surface area contributed by atoms with Gasteiger partial charge in [-0.15, -0.1) is 11.3 Å². The second-order valence-electron chi connectivity index (χ2n) is 3.82. The molecule has 2 aromatic rings. The zero-order chi connectivity index (χ0) is 14.5. The van der Waals surface area contributed by atoms with Crippen LogP contribution in [0.1, 0.15) is 21.3 Å². The second kappa shape index (κ2) is 6.16. The van der Waals surface area contributed by atoms with Crippen molar-refractivity contribution in [3.63, 3.8) is 0 Å². The highest BCUT2D eigenvalue weighted by molar-refractivity contribution is 7.10. The Bertz CT molecular complexity index is 613. The number of aliphatic carboxylic acids is 1. The molecule has 1 atom stereocenters. The van der Waals surface area contributed by atoms with E-state index < -0.39 is 17.9 Å². The number of carboxylic acid groups (broad SMARTS) is 1. The molecule has 7 heteroatoms. The first kappa shape index (κ1) is 14.0. The van der Waals surface area contributed by atoms with Gasteiger partial charge in [0.2, 0.25) is 5.88 Å². The standard InChI is InChI=1S/C13H12N2O4S/c1-19-12-8(4-2-6-14-12)11(16)15-10(13(17)18)9-5-3-7-20-9/h2-7,10H,1H3,(H,15,16)(H,17,18). The number of nitrogens with zero attached hydrogens (tertiary/aromatic N) is 1. The minimum absolute atomic E-state index is 0.153. The fraction of sp³-hybridized carbons (Fsp3) is 0.154. The Morgan fingerprint density at radius 2 is 2.20 bits per heavy atom. The van der Waals surface area contributed by atoms with E-state index in [1.165, 1.54) is 30.7 Å². The molecule has 0 aliphatic rings. The molecule has 0 saturated carbocycles. The molecule has 0 aliphatic heterocycles. The Morgan fingerprint density at radius 1 is 1.40 bits per heavy atom. The van der Waals surface area contributed by atoms with E-state index in [-0.39, 0.29) is 11.4 Å². The van der Waals surface area contributed by atoms with Crippen molar-refractivity contribution >= 4 is 23.2 Å². The number of ether oxygens (including phenoxy) is 1. The number of amides is 1. The van der Waals surface area contributed by atoms with Crippen molar-refractivity contribution < 1.29 is 19.4 Å². The molecule has 2 aromatic heterocycles. The highest BCUT2D eigenvalue weighted by atomic mass is 32.1. The molecule has 2 rings (SSSR count). The summed E-state index contributed by atoms with van der Waals surface area (Å²) in [4.78, 5) is 27.9. The van der Waals surface area contributed by atoms with E-state index in [9.17, 15) is 14.7 Å². The highest BCUT2D eigenvalue weighted by Crippen LogP contribution is 2.21.